The lowest BCUT2D eigenvalue weighted by atomic mass is 10.4. The lowest BCUT2D eigenvalue weighted by Gasteiger charge is -2.03. The summed E-state index contributed by atoms with van der Waals surface area (Å²) in [6, 6.07) is 0. The molecule has 0 N–H and O–H groups in total. The molecule has 0 unspecified atom stereocenters. The van der Waals surface area contributed by atoms with E-state index in [0.29, 0.717) is 6.61 Å². The lowest BCUT2D eigenvalue weighted by molar-refractivity contribution is 0.319. The van der Waals surface area contributed by atoms with Crippen molar-refractivity contribution in [1.29, 1.82) is 0 Å². The minimum Gasteiger partial charge on any atom is -0.318 e. The number of halogens is 1. The standard InChI is InChI=1S/C5H12ClO2P/c1-3-4-5-8-9(2,6)7/h3-5H2,1-2H3/t9-/m1/s1. The van der Waals surface area contributed by atoms with Crippen LogP contribution < -0.4 is 0 Å². The van der Waals surface area contributed by atoms with E-state index in [2.05, 4.69) is 0 Å². The van der Waals surface area contributed by atoms with Crippen molar-refractivity contribution >= 4 is 18.0 Å². The molecule has 0 saturated carbocycles. The zero-order chi connectivity index (χ0) is 7.33. The fraction of sp³-hybridized carbons (Fsp3) is 1.00. The summed E-state index contributed by atoms with van der Waals surface area (Å²) in [6.45, 7) is 1.23. The van der Waals surface area contributed by atoms with Crippen LogP contribution in [0, 0.1) is 0 Å². The molecule has 0 saturated heterocycles. The molecule has 56 valence electrons. The highest BCUT2D eigenvalue weighted by Gasteiger charge is 2.08. The molecule has 0 rings (SSSR count). The van der Waals surface area contributed by atoms with Crippen LogP contribution in [0.1, 0.15) is 19.8 Å². The Bertz CT molecular complexity index is 110. The molecular weight excluding hydrogens is 158 g/mol. The van der Waals surface area contributed by atoms with Crippen molar-refractivity contribution in [3.8, 4) is 0 Å². The number of hydrogen-bond acceptors (Lipinski definition) is 2. The fourth-order valence-electron chi connectivity index (χ4n) is 0.372. The van der Waals surface area contributed by atoms with Gasteiger partial charge in [0.1, 0.15) is 0 Å². The molecule has 0 spiro atoms. The molecule has 0 aromatic heterocycles. The zero-order valence-corrected chi connectivity index (χ0v) is 7.41. The highest BCUT2D eigenvalue weighted by atomic mass is 35.7. The van der Waals surface area contributed by atoms with Crippen molar-refractivity contribution < 1.29 is 9.09 Å². The number of unbranched alkanes of at least 4 members (excludes halogenated alkanes) is 1. The summed E-state index contributed by atoms with van der Waals surface area (Å²) < 4.78 is 15.4. The summed E-state index contributed by atoms with van der Waals surface area (Å²) in [5.74, 6) is 0. The van der Waals surface area contributed by atoms with Gasteiger partial charge in [0.15, 0.2) is 0 Å². The second-order valence-electron chi connectivity index (χ2n) is 1.93. The van der Waals surface area contributed by atoms with E-state index in [1.54, 1.807) is 0 Å². The number of hydrogen-bond donors (Lipinski definition) is 0. The van der Waals surface area contributed by atoms with Crippen LogP contribution in [0.5, 0.6) is 0 Å². The molecule has 0 fully saturated rings. The van der Waals surface area contributed by atoms with E-state index in [1.165, 1.54) is 6.66 Å². The molecule has 2 nitrogen and oxygen atoms in total. The third kappa shape index (κ3) is 8.48. The highest BCUT2D eigenvalue weighted by molar-refractivity contribution is 7.84. The first-order chi connectivity index (χ1) is 4.06. The minimum absolute atomic E-state index is 0.508. The van der Waals surface area contributed by atoms with E-state index < -0.39 is 6.72 Å². The predicted octanol–water partition coefficient (Wildman–Crippen LogP) is 2.86. The van der Waals surface area contributed by atoms with E-state index >= 15 is 0 Å². The first-order valence-electron chi connectivity index (χ1n) is 2.98. The Hall–Kier alpha value is 0.480. The monoisotopic (exact) mass is 170 g/mol. The molecule has 0 aliphatic heterocycles. The smallest absolute Gasteiger partial charge is 0.287 e. The van der Waals surface area contributed by atoms with Crippen LogP contribution in [0.25, 0.3) is 0 Å². The second-order valence-corrected chi connectivity index (χ2v) is 5.53. The average molecular weight is 171 g/mol. The van der Waals surface area contributed by atoms with E-state index in [4.69, 9.17) is 15.8 Å². The zero-order valence-electron chi connectivity index (χ0n) is 5.76. The Morgan fingerprint density at radius 3 is 2.56 bits per heavy atom. The van der Waals surface area contributed by atoms with Crippen molar-refractivity contribution in [1.82, 2.24) is 0 Å². The van der Waals surface area contributed by atoms with Crippen LogP contribution in [0.15, 0.2) is 0 Å². The molecule has 0 aromatic carbocycles. The topological polar surface area (TPSA) is 26.3 Å². The van der Waals surface area contributed by atoms with Crippen molar-refractivity contribution in [3.63, 3.8) is 0 Å². The Labute approximate surface area is 60.8 Å². The summed E-state index contributed by atoms with van der Waals surface area (Å²) in [5.41, 5.74) is 0. The third-order valence-electron chi connectivity index (χ3n) is 0.820. The van der Waals surface area contributed by atoms with E-state index in [-0.39, 0.29) is 0 Å². The van der Waals surface area contributed by atoms with Gasteiger partial charge in [0.25, 0.3) is 6.72 Å². The second kappa shape index (κ2) is 4.32. The van der Waals surface area contributed by atoms with E-state index in [1.807, 2.05) is 6.92 Å². The molecule has 0 aromatic rings. The van der Waals surface area contributed by atoms with Gasteiger partial charge in [-0.3, -0.25) is 4.57 Å². The van der Waals surface area contributed by atoms with Crippen LogP contribution in [0.4, 0.5) is 0 Å². The van der Waals surface area contributed by atoms with Crippen LogP contribution in [-0.2, 0) is 9.09 Å². The van der Waals surface area contributed by atoms with Gasteiger partial charge in [-0.1, -0.05) is 13.3 Å². The fourth-order valence-corrected chi connectivity index (χ4v) is 1.03. The molecule has 0 aliphatic rings. The Morgan fingerprint density at radius 2 is 2.22 bits per heavy atom. The van der Waals surface area contributed by atoms with Gasteiger partial charge in [-0.2, -0.15) is 0 Å². The average Bonchev–Trinajstić information content (AvgIpc) is 1.63. The van der Waals surface area contributed by atoms with Crippen molar-refractivity contribution in [2.45, 2.75) is 19.8 Å². The van der Waals surface area contributed by atoms with E-state index in [9.17, 15) is 4.57 Å². The molecule has 0 amide bonds. The predicted molar refractivity (Wildman–Crippen MR) is 40.2 cm³/mol. The molecule has 0 heterocycles. The molecular formula is C5H12ClO2P. The van der Waals surface area contributed by atoms with Gasteiger partial charge < -0.3 is 4.52 Å². The van der Waals surface area contributed by atoms with Crippen LogP contribution in [-0.4, -0.2) is 13.3 Å². The summed E-state index contributed by atoms with van der Waals surface area (Å²) in [5, 5.41) is 0. The lowest BCUT2D eigenvalue weighted by Crippen LogP contribution is -1.86. The summed E-state index contributed by atoms with van der Waals surface area (Å²) >= 11 is 5.30. The van der Waals surface area contributed by atoms with Gasteiger partial charge in [0.05, 0.1) is 6.61 Å². The van der Waals surface area contributed by atoms with Crippen LogP contribution in [0.3, 0.4) is 0 Å². The van der Waals surface area contributed by atoms with E-state index in [0.717, 1.165) is 12.8 Å². The third-order valence-corrected chi connectivity index (χ3v) is 1.76. The maximum atomic E-state index is 10.6. The number of rotatable bonds is 4. The highest BCUT2D eigenvalue weighted by Crippen LogP contribution is 2.47. The molecule has 0 radical (unpaired) electrons. The Balaban J connectivity index is 3.18. The summed E-state index contributed by atoms with van der Waals surface area (Å²) in [6.07, 6.45) is 1.96. The maximum Gasteiger partial charge on any atom is 0.287 e. The van der Waals surface area contributed by atoms with Gasteiger partial charge in [0.2, 0.25) is 0 Å². The Kier molecular flexibility index (Phi) is 4.55. The van der Waals surface area contributed by atoms with Gasteiger partial charge >= 0.3 is 0 Å². The van der Waals surface area contributed by atoms with Gasteiger partial charge in [0, 0.05) is 6.66 Å². The summed E-state index contributed by atoms with van der Waals surface area (Å²) in [4.78, 5) is 0. The summed E-state index contributed by atoms with van der Waals surface area (Å²) in [7, 11) is 0. The molecule has 0 bridgehead atoms. The quantitative estimate of drug-likeness (QED) is 0.479. The first-order valence-corrected chi connectivity index (χ1v) is 5.95. The van der Waals surface area contributed by atoms with Crippen molar-refractivity contribution in [2.75, 3.05) is 13.3 Å². The maximum absolute atomic E-state index is 10.6. The van der Waals surface area contributed by atoms with Crippen molar-refractivity contribution in [3.05, 3.63) is 0 Å². The van der Waals surface area contributed by atoms with Crippen LogP contribution in [0.2, 0.25) is 0 Å². The van der Waals surface area contributed by atoms with Gasteiger partial charge in [-0.05, 0) is 17.7 Å². The molecule has 1 atom stereocenters. The van der Waals surface area contributed by atoms with Gasteiger partial charge in [-0.25, -0.2) is 0 Å². The van der Waals surface area contributed by atoms with Crippen molar-refractivity contribution in [2.24, 2.45) is 0 Å². The molecule has 9 heavy (non-hydrogen) atoms. The normalized spacial score (nSPS) is 17.2. The SMILES string of the molecule is CCCCO[P@@](C)(=O)Cl. The van der Waals surface area contributed by atoms with Crippen LogP contribution >= 0.6 is 18.0 Å². The largest absolute Gasteiger partial charge is 0.318 e. The van der Waals surface area contributed by atoms with Gasteiger partial charge in [-0.15, -0.1) is 0 Å². The molecule has 0 aliphatic carbocycles. The minimum atomic E-state index is -2.72. The molecule has 4 heteroatoms. The first kappa shape index (κ1) is 9.48. The Morgan fingerprint density at radius 1 is 1.67 bits per heavy atom.